The molecule has 6 heteroatoms. The van der Waals surface area contributed by atoms with Gasteiger partial charge in [-0.2, -0.15) is 0 Å². The standard InChI is InChI=1S/C13H13N3O3/c1-16-5-4-14-12(13(16)17)15-9-2-3-10-11(8-9)19-7-6-18-10/h2-5,8H,6-7H2,1H3,(H,14,15). The molecule has 0 atom stereocenters. The molecule has 1 aromatic carbocycles. The highest BCUT2D eigenvalue weighted by molar-refractivity contribution is 5.61. The molecule has 0 radical (unpaired) electrons. The fourth-order valence-electron chi connectivity index (χ4n) is 1.84. The maximum Gasteiger partial charge on any atom is 0.293 e. The van der Waals surface area contributed by atoms with Crippen molar-refractivity contribution < 1.29 is 9.47 Å². The fraction of sp³-hybridized carbons (Fsp3) is 0.231. The minimum absolute atomic E-state index is 0.183. The number of benzene rings is 1. The van der Waals surface area contributed by atoms with Crippen LogP contribution in [-0.2, 0) is 7.05 Å². The first-order valence-electron chi connectivity index (χ1n) is 5.92. The average Bonchev–Trinajstić information content (AvgIpc) is 2.44. The number of anilines is 2. The van der Waals surface area contributed by atoms with Gasteiger partial charge in [0.05, 0.1) is 0 Å². The summed E-state index contributed by atoms with van der Waals surface area (Å²) in [6.45, 7) is 1.09. The fourth-order valence-corrected chi connectivity index (χ4v) is 1.84. The minimum atomic E-state index is -0.183. The van der Waals surface area contributed by atoms with E-state index in [9.17, 15) is 4.79 Å². The second-order valence-corrected chi connectivity index (χ2v) is 4.18. The summed E-state index contributed by atoms with van der Waals surface area (Å²) in [5, 5.41) is 2.98. The Bertz CT molecular complexity index is 666. The Morgan fingerprint density at radius 1 is 1.26 bits per heavy atom. The highest BCUT2D eigenvalue weighted by Gasteiger charge is 2.12. The van der Waals surface area contributed by atoms with E-state index in [1.54, 1.807) is 25.5 Å². The molecule has 98 valence electrons. The Morgan fingerprint density at radius 2 is 2.05 bits per heavy atom. The first-order chi connectivity index (χ1) is 9.24. The summed E-state index contributed by atoms with van der Waals surface area (Å²) in [5.74, 6) is 1.66. The van der Waals surface area contributed by atoms with Crippen molar-refractivity contribution in [2.75, 3.05) is 18.5 Å². The summed E-state index contributed by atoms with van der Waals surface area (Å²) in [5.41, 5.74) is 0.553. The van der Waals surface area contributed by atoms with Crippen molar-refractivity contribution in [2.45, 2.75) is 0 Å². The highest BCUT2D eigenvalue weighted by atomic mass is 16.6. The van der Waals surface area contributed by atoms with Crippen LogP contribution in [0.3, 0.4) is 0 Å². The first-order valence-corrected chi connectivity index (χ1v) is 5.92. The SMILES string of the molecule is Cn1ccnc(Nc2ccc3c(c2)OCCO3)c1=O. The molecule has 0 fully saturated rings. The third kappa shape index (κ3) is 2.24. The van der Waals surface area contributed by atoms with E-state index in [0.717, 1.165) is 5.69 Å². The third-order valence-corrected chi connectivity index (χ3v) is 2.82. The van der Waals surface area contributed by atoms with Crippen LogP contribution in [0.15, 0.2) is 35.4 Å². The summed E-state index contributed by atoms with van der Waals surface area (Å²) < 4.78 is 12.4. The summed E-state index contributed by atoms with van der Waals surface area (Å²) in [7, 11) is 1.68. The molecule has 1 aliphatic rings. The molecular formula is C13H13N3O3. The molecule has 2 heterocycles. The van der Waals surface area contributed by atoms with Crippen molar-refractivity contribution >= 4 is 11.5 Å². The van der Waals surface area contributed by atoms with Gasteiger partial charge < -0.3 is 19.4 Å². The molecule has 0 saturated heterocycles. The molecule has 1 aromatic heterocycles. The van der Waals surface area contributed by atoms with Gasteiger partial charge in [0.25, 0.3) is 5.56 Å². The van der Waals surface area contributed by atoms with Gasteiger partial charge in [-0.05, 0) is 12.1 Å². The van der Waals surface area contributed by atoms with Crippen LogP contribution < -0.4 is 20.3 Å². The van der Waals surface area contributed by atoms with Crippen molar-refractivity contribution in [1.82, 2.24) is 9.55 Å². The van der Waals surface area contributed by atoms with Gasteiger partial charge in [-0.1, -0.05) is 0 Å². The molecule has 2 aromatic rings. The van der Waals surface area contributed by atoms with Crippen molar-refractivity contribution in [1.29, 1.82) is 0 Å². The molecule has 0 amide bonds. The van der Waals surface area contributed by atoms with Crippen LogP contribution in [0.2, 0.25) is 0 Å². The Morgan fingerprint density at radius 3 is 2.89 bits per heavy atom. The smallest absolute Gasteiger partial charge is 0.293 e. The Hall–Kier alpha value is -2.50. The number of ether oxygens (including phenoxy) is 2. The zero-order valence-corrected chi connectivity index (χ0v) is 10.4. The van der Waals surface area contributed by atoms with Crippen LogP contribution in [0.4, 0.5) is 11.5 Å². The first kappa shape index (κ1) is 11.6. The predicted octanol–water partition coefficient (Wildman–Crippen LogP) is 1.30. The molecule has 1 N–H and O–H groups in total. The van der Waals surface area contributed by atoms with Crippen LogP contribution in [-0.4, -0.2) is 22.8 Å². The molecule has 0 spiro atoms. The molecule has 1 aliphatic heterocycles. The lowest BCUT2D eigenvalue weighted by atomic mass is 10.2. The van der Waals surface area contributed by atoms with Crippen molar-refractivity contribution in [3.8, 4) is 11.5 Å². The second-order valence-electron chi connectivity index (χ2n) is 4.18. The van der Waals surface area contributed by atoms with Crippen LogP contribution in [0, 0.1) is 0 Å². The van der Waals surface area contributed by atoms with Gasteiger partial charge in [0.2, 0.25) is 0 Å². The number of hydrogen-bond donors (Lipinski definition) is 1. The Balaban J connectivity index is 1.91. The van der Waals surface area contributed by atoms with E-state index in [2.05, 4.69) is 10.3 Å². The molecule has 19 heavy (non-hydrogen) atoms. The maximum absolute atomic E-state index is 11.8. The number of nitrogens with one attached hydrogen (secondary N) is 1. The molecule has 0 unspecified atom stereocenters. The van der Waals surface area contributed by atoms with Crippen molar-refractivity contribution in [3.05, 3.63) is 40.9 Å². The average molecular weight is 259 g/mol. The van der Waals surface area contributed by atoms with Crippen molar-refractivity contribution in [3.63, 3.8) is 0 Å². The van der Waals surface area contributed by atoms with Gasteiger partial charge in [-0.25, -0.2) is 4.98 Å². The molecule has 0 saturated carbocycles. The van der Waals surface area contributed by atoms with Gasteiger partial charge >= 0.3 is 0 Å². The van der Waals surface area contributed by atoms with E-state index in [0.29, 0.717) is 24.7 Å². The zero-order chi connectivity index (χ0) is 13.2. The number of fused-ring (bicyclic) bond motifs is 1. The van der Waals surface area contributed by atoms with Gasteiger partial charge in [-0.3, -0.25) is 4.79 Å². The highest BCUT2D eigenvalue weighted by Crippen LogP contribution is 2.33. The number of rotatable bonds is 2. The number of hydrogen-bond acceptors (Lipinski definition) is 5. The Kier molecular flexibility index (Phi) is 2.83. The molecule has 6 nitrogen and oxygen atoms in total. The summed E-state index contributed by atoms with van der Waals surface area (Å²) in [6, 6.07) is 5.43. The lowest BCUT2D eigenvalue weighted by Gasteiger charge is -2.19. The summed E-state index contributed by atoms with van der Waals surface area (Å²) in [4.78, 5) is 15.9. The monoisotopic (exact) mass is 259 g/mol. The lowest BCUT2D eigenvalue weighted by Crippen LogP contribution is -2.20. The van der Waals surface area contributed by atoms with Crippen LogP contribution in [0.1, 0.15) is 0 Å². The van der Waals surface area contributed by atoms with Crippen molar-refractivity contribution in [2.24, 2.45) is 7.05 Å². The van der Waals surface area contributed by atoms with E-state index in [-0.39, 0.29) is 11.4 Å². The van der Waals surface area contributed by atoms with E-state index >= 15 is 0 Å². The lowest BCUT2D eigenvalue weighted by molar-refractivity contribution is 0.171. The largest absolute Gasteiger partial charge is 0.486 e. The number of nitrogens with zero attached hydrogens (tertiary/aromatic N) is 2. The normalized spacial score (nSPS) is 13.1. The van der Waals surface area contributed by atoms with Crippen LogP contribution in [0.25, 0.3) is 0 Å². The van der Waals surface area contributed by atoms with E-state index in [1.807, 2.05) is 12.1 Å². The van der Waals surface area contributed by atoms with Crippen LogP contribution in [0.5, 0.6) is 11.5 Å². The van der Waals surface area contributed by atoms with Gasteiger partial charge in [0.1, 0.15) is 13.2 Å². The van der Waals surface area contributed by atoms with Gasteiger partial charge in [-0.15, -0.1) is 0 Å². The van der Waals surface area contributed by atoms with Crippen LogP contribution >= 0.6 is 0 Å². The molecule has 3 rings (SSSR count). The summed E-state index contributed by atoms with van der Waals surface area (Å²) >= 11 is 0. The predicted molar refractivity (Wildman–Crippen MR) is 70.2 cm³/mol. The second kappa shape index (κ2) is 4.64. The van der Waals surface area contributed by atoms with Gasteiger partial charge in [0, 0.05) is 31.2 Å². The third-order valence-electron chi connectivity index (χ3n) is 2.82. The molecule has 0 bridgehead atoms. The summed E-state index contributed by atoms with van der Waals surface area (Å²) in [6.07, 6.45) is 3.18. The van der Waals surface area contributed by atoms with E-state index < -0.39 is 0 Å². The van der Waals surface area contributed by atoms with Gasteiger partial charge in [0.15, 0.2) is 17.3 Å². The molecular weight excluding hydrogens is 246 g/mol. The zero-order valence-electron chi connectivity index (χ0n) is 10.4. The quantitative estimate of drug-likeness (QED) is 0.880. The molecule has 0 aliphatic carbocycles. The van der Waals surface area contributed by atoms with E-state index in [4.69, 9.17) is 9.47 Å². The topological polar surface area (TPSA) is 65.4 Å². The Labute approximate surface area is 109 Å². The van der Waals surface area contributed by atoms with E-state index in [1.165, 1.54) is 4.57 Å². The number of aryl methyl sites for hydroxylation is 1. The number of aromatic nitrogens is 2. The minimum Gasteiger partial charge on any atom is -0.486 e. The maximum atomic E-state index is 11.8.